The lowest BCUT2D eigenvalue weighted by Crippen LogP contribution is -2.40. The van der Waals surface area contributed by atoms with Crippen LogP contribution in [0.2, 0.25) is 0 Å². The van der Waals surface area contributed by atoms with Crippen molar-refractivity contribution in [2.75, 3.05) is 6.54 Å². The smallest absolute Gasteiger partial charge is 0.255 e. The standard InChI is InChI=1S/C12H16BrFN2O/c1-7(2)10(15)6-16-12(17)11-8(13)4-3-5-9(11)14/h3-5,7,10H,6,15H2,1-2H3,(H,16,17). The van der Waals surface area contributed by atoms with Gasteiger partial charge in [0.05, 0.1) is 5.56 Å². The summed E-state index contributed by atoms with van der Waals surface area (Å²) < 4.78 is 13.9. The number of amides is 1. The maximum Gasteiger partial charge on any atom is 0.255 e. The molecule has 0 fully saturated rings. The predicted molar refractivity (Wildman–Crippen MR) is 69.2 cm³/mol. The summed E-state index contributed by atoms with van der Waals surface area (Å²) >= 11 is 3.15. The molecule has 94 valence electrons. The topological polar surface area (TPSA) is 55.1 Å². The highest BCUT2D eigenvalue weighted by atomic mass is 79.9. The zero-order valence-corrected chi connectivity index (χ0v) is 11.4. The number of benzene rings is 1. The minimum Gasteiger partial charge on any atom is -0.350 e. The molecule has 0 aliphatic carbocycles. The van der Waals surface area contributed by atoms with Gasteiger partial charge in [-0.2, -0.15) is 0 Å². The van der Waals surface area contributed by atoms with E-state index in [0.717, 1.165) is 0 Å². The van der Waals surface area contributed by atoms with Gasteiger partial charge in [-0.05, 0) is 34.0 Å². The lowest BCUT2D eigenvalue weighted by Gasteiger charge is -2.16. The predicted octanol–water partition coefficient (Wildman–Crippen LogP) is 2.30. The van der Waals surface area contributed by atoms with Crippen molar-refractivity contribution in [1.29, 1.82) is 0 Å². The first-order valence-electron chi connectivity index (χ1n) is 5.41. The van der Waals surface area contributed by atoms with E-state index in [0.29, 0.717) is 11.0 Å². The molecule has 0 radical (unpaired) electrons. The van der Waals surface area contributed by atoms with Crippen LogP contribution in [0.4, 0.5) is 4.39 Å². The molecule has 0 aromatic heterocycles. The summed E-state index contributed by atoms with van der Waals surface area (Å²) in [5.41, 5.74) is 5.82. The molecular formula is C12H16BrFN2O. The van der Waals surface area contributed by atoms with Crippen molar-refractivity contribution in [2.24, 2.45) is 11.7 Å². The van der Waals surface area contributed by atoms with Crippen molar-refractivity contribution in [3.63, 3.8) is 0 Å². The van der Waals surface area contributed by atoms with E-state index in [1.807, 2.05) is 13.8 Å². The minimum absolute atomic E-state index is 0.0171. The summed E-state index contributed by atoms with van der Waals surface area (Å²) in [7, 11) is 0. The Hall–Kier alpha value is -0.940. The summed E-state index contributed by atoms with van der Waals surface area (Å²) in [6, 6.07) is 4.28. The van der Waals surface area contributed by atoms with E-state index in [2.05, 4.69) is 21.2 Å². The van der Waals surface area contributed by atoms with Crippen molar-refractivity contribution in [2.45, 2.75) is 19.9 Å². The number of carbonyl (C=O) groups excluding carboxylic acids is 1. The zero-order chi connectivity index (χ0) is 13.0. The monoisotopic (exact) mass is 302 g/mol. The molecule has 0 aliphatic heterocycles. The quantitative estimate of drug-likeness (QED) is 0.897. The van der Waals surface area contributed by atoms with Crippen molar-refractivity contribution < 1.29 is 9.18 Å². The number of carbonyl (C=O) groups is 1. The molecule has 3 N–H and O–H groups in total. The first-order valence-corrected chi connectivity index (χ1v) is 6.20. The van der Waals surface area contributed by atoms with Crippen LogP contribution < -0.4 is 11.1 Å². The van der Waals surface area contributed by atoms with E-state index in [1.54, 1.807) is 6.07 Å². The third-order valence-corrected chi connectivity index (χ3v) is 3.21. The largest absolute Gasteiger partial charge is 0.350 e. The number of nitrogens with one attached hydrogen (secondary N) is 1. The van der Waals surface area contributed by atoms with Crippen LogP contribution in [0, 0.1) is 11.7 Å². The molecule has 1 amide bonds. The number of rotatable bonds is 4. The Kier molecular flexibility index (Phi) is 5.08. The van der Waals surface area contributed by atoms with Crippen LogP contribution in [-0.2, 0) is 0 Å². The minimum atomic E-state index is -0.546. The molecule has 5 heteroatoms. The van der Waals surface area contributed by atoms with Crippen molar-refractivity contribution >= 4 is 21.8 Å². The van der Waals surface area contributed by atoms with E-state index in [4.69, 9.17) is 5.73 Å². The van der Waals surface area contributed by atoms with E-state index in [1.165, 1.54) is 12.1 Å². The number of hydrogen-bond donors (Lipinski definition) is 2. The molecule has 0 spiro atoms. The first-order chi connectivity index (χ1) is 7.93. The second kappa shape index (κ2) is 6.12. The van der Waals surface area contributed by atoms with E-state index >= 15 is 0 Å². The fourth-order valence-corrected chi connectivity index (χ4v) is 1.77. The van der Waals surface area contributed by atoms with Gasteiger partial charge in [0.25, 0.3) is 5.91 Å². The van der Waals surface area contributed by atoms with Gasteiger partial charge in [-0.3, -0.25) is 4.79 Å². The maximum atomic E-state index is 13.5. The Labute approximate surface area is 109 Å². The van der Waals surface area contributed by atoms with Gasteiger partial charge in [-0.15, -0.1) is 0 Å². The lowest BCUT2D eigenvalue weighted by molar-refractivity contribution is 0.0944. The van der Waals surface area contributed by atoms with Gasteiger partial charge in [-0.1, -0.05) is 19.9 Å². The van der Waals surface area contributed by atoms with Gasteiger partial charge in [0.1, 0.15) is 5.82 Å². The number of halogens is 2. The Bertz CT molecular complexity index is 389. The molecule has 1 rings (SSSR count). The molecule has 0 aliphatic rings. The second-order valence-corrected chi connectivity index (χ2v) is 5.07. The summed E-state index contributed by atoms with van der Waals surface area (Å²) in [5, 5.41) is 2.63. The third kappa shape index (κ3) is 3.78. The summed E-state index contributed by atoms with van der Waals surface area (Å²) in [6.45, 7) is 4.27. The number of hydrogen-bond acceptors (Lipinski definition) is 2. The van der Waals surface area contributed by atoms with Gasteiger partial charge in [0, 0.05) is 17.1 Å². The van der Waals surface area contributed by atoms with Crippen molar-refractivity contribution in [3.05, 3.63) is 34.1 Å². The molecular weight excluding hydrogens is 287 g/mol. The fourth-order valence-electron chi connectivity index (χ4n) is 1.25. The first kappa shape index (κ1) is 14.1. The molecule has 0 saturated carbocycles. The Morgan fingerprint density at radius 2 is 2.18 bits per heavy atom. The van der Waals surface area contributed by atoms with Gasteiger partial charge in [0.2, 0.25) is 0 Å². The molecule has 0 heterocycles. The average molecular weight is 303 g/mol. The van der Waals surface area contributed by atoms with Crippen LogP contribution >= 0.6 is 15.9 Å². The second-order valence-electron chi connectivity index (χ2n) is 4.21. The summed E-state index contributed by atoms with van der Waals surface area (Å²) in [4.78, 5) is 11.8. The third-order valence-electron chi connectivity index (χ3n) is 2.54. The van der Waals surface area contributed by atoms with Crippen molar-refractivity contribution in [3.8, 4) is 0 Å². The Morgan fingerprint density at radius 3 is 2.71 bits per heavy atom. The van der Waals surface area contributed by atoms with Crippen LogP contribution in [0.15, 0.2) is 22.7 Å². The van der Waals surface area contributed by atoms with E-state index in [9.17, 15) is 9.18 Å². The molecule has 17 heavy (non-hydrogen) atoms. The Morgan fingerprint density at radius 1 is 1.53 bits per heavy atom. The zero-order valence-electron chi connectivity index (χ0n) is 9.84. The van der Waals surface area contributed by atoms with Gasteiger partial charge in [-0.25, -0.2) is 4.39 Å². The SMILES string of the molecule is CC(C)C(N)CNC(=O)c1c(F)cccc1Br. The highest BCUT2D eigenvalue weighted by Gasteiger charge is 2.16. The van der Waals surface area contributed by atoms with Crippen molar-refractivity contribution in [1.82, 2.24) is 5.32 Å². The Balaban J connectivity index is 2.71. The van der Waals surface area contributed by atoms with Gasteiger partial charge < -0.3 is 11.1 Å². The van der Waals surface area contributed by atoms with Gasteiger partial charge in [0.15, 0.2) is 0 Å². The molecule has 1 aromatic rings. The molecule has 0 saturated heterocycles. The molecule has 1 unspecified atom stereocenters. The van der Waals surface area contributed by atoms with Crippen LogP contribution in [-0.4, -0.2) is 18.5 Å². The molecule has 1 atom stereocenters. The normalized spacial score (nSPS) is 12.6. The fraction of sp³-hybridized carbons (Fsp3) is 0.417. The highest BCUT2D eigenvalue weighted by Crippen LogP contribution is 2.19. The van der Waals surface area contributed by atoms with Gasteiger partial charge >= 0.3 is 0 Å². The summed E-state index contributed by atoms with van der Waals surface area (Å²) in [6.07, 6.45) is 0. The molecule has 3 nitrogen and oxygen atoms in total. The van der Waals surface area contributed by atoms with Crippen LogP contribution in [0.5, 0.6) is 0 Å². The van der Waals surface area contributed by atoms with Crippen LogP contribution in [0.25, 0.3) is 0 Å². The summed E-state index contributed by atoms with van der Waals surface area (Å²) in [5.74, 6) is -0.736. The van der Waals surface area contributed by atoms with E-state index in [-0.39, 0.29) is 17.5 Å². The maximum absolute atomic E-state index is 13.5. The molecule has 1 aromatic carbocycles. The lowest BCUT2D eigenvalue weighted by atomic mass is 10.1. The number of nitrogens with two attached hydrogens (primary N) is 1. The average Bonchev–Trinajstić information content (AvgIpc) is 2.25. The highest BCUT2D eigenvalue weighted by molar-refractivity contribution is 9.10. The van der Waals surface area contributed by atoms with Crippen LogP contribution in [0.3, 0.4) is 0 Å². The van der Waals surface area contributed by atoms with Crippen LogP contribution in [0.1, 0.15) is 24.2 Å². The van der Waals surface area contributed by atoms with E-state index < -0.39 is 11.7 Å². The molecule has 0 bridgehead atoms.